The van der Waals surface area contributed by atoms with Crippen LogP contribution < -0.4 is 4.72 Å². The van der Waals surface area contributed by atoms with E-state index in [0.717, 1.165) is 0 Å². The van der Waals surface area contributed by atoms with Crippen LogP contribution >= 0.6 is 22.9 Å². The number of amides is 1. The molecule has 0 unspecified atom stereocenters. The Balaban J connectivity index is 1.69. The van der Waals surface area contributed by atoms with Gasteiger partial charge in [-0.3, -0.25) is 9.52 Å². The van der Waals surface area contributed by atoms with Crippen molar-refractivity contribution in [2.75, 3.05) is 10.5 Å². The van der Waals surface area contributed by atoms with Gasteiger partial charge in [-0.05, 0) is 48.2 Å². The second-order valence-electron chi connectivity index (χ2n) is 7.11. The van der Waals surface area contributed by atoms with E-state index in [1.165, 1.54) is 28.5 Å². The molecule has 1 aromatic heterocycles. The zero-order valence-electron chi connectivity index (χ0n) is 17.0. The van der Waals surface area contributed by atoms with Crippen molar-refractivity contribution >= 4 is 50.3 Å². The molecule has 2 aromatic carbocycles. The average Bonchev–Trinajstić information content (AvgIpc) is 3.44. The molecule has 0 aliphatic carbocycles. The fraction of sp³-hybridized carbons (Fsp3) is 0.182. The van der Waals surface area contributed by atoms with Crippen LogP contribution in [-0.4, -0.2) is 30.8 Å². The zero-order valence-corrected chi connectivity index (χ0v) is 19.3. The van der Waals surface area contributed by atoms with E-state index in [0.29, 0.717) is 21.8 Å². The van der Waals surface area contributed by atoms with Crippen LogP contribution in [-0.2, 0) is 10.0 Å². The summed E-state index contributed by atoms with van der Waals surface area (Å²) in [5.74, 6) is -0.884. The summed E-state index contributed by atoms with van der Waals surface area (Å²) in [6.07, 6.45) is 0.262. The molecular formula is C22H19ClFN3O3S2. The van der Waals surface area contributed by atoms with Crippen molar-refractivity contribution in [3.8, 4) is 0 Å². The van der Waals surface area contributed by atoms with Crippen LogP contribution in [0.5, 0.6) is 0 Å². The van der Waals surface area contributed by atoms with Gasteiger partial charge < -0.3 is 0 Å². The highest BCUT2D eigenvalue weighted by Gasteiger charge is 2.36. The number of sulfonamides is 1. The second kappa shape index (κ2) is 9.01. The monoisotopic (exact) mass is 491 g/mol. The molecule has 0 fully saturated rings. The second-order valence-corrected chi connectivity index (χ2v) is 10.5. The van der Waals surface area contributed by atoms with Gasteiger partial charge >= 0.3 is 0 Å². The maximum atomic E-state index is 14.7. The molecule has 6 nitrogen and oxygen atoms in total. The molecule has 1 amide bonds. The molecule has 0 saturated carbocycles. The molecule has 32 heavy (non-hydrogen) atoms. The smallest absolute Gasteiger partial charge is 0.284 e. The third-order valence-corrected chi connectivity index (χ3v) is 7.55. The summed E-state index contributed by atoms with van der Waals surface area (Å²) in [5.41, 5.74) is 1.91. The lowest BCUT2D eigenvalue weighted by molar-refractivity contribution is 0.0714. The Morgan fingerprint density at radius 2 is 1.97 bits per heavy atom. The predicted octanol–water partition coefficient (Wildman–Crippen LogP) is 5.29. The number of benzene rings is 2. The Hall–Kier alpha value is -2.75. The number of rotatable bonds is 6. The van der Waals surface area contributed by atoms with Crippen molar-refractivity contribution in [3.63, 3.8) is 0 Å². The summed E-state index contributed by atoms with van der Waals surface area (Å²) < 4.78 is 40.8. The predicted molar refractivity (Wildman–Crippen MR) is 125 cm³/mol. The quantitative estimate of drug-likeness (QED) is 0.508. The minimum atomic E-state index is -3.39. The fourth-order valence-electron chi connectivity index (χ4n) is 3.42. The molecule has 0 bridgehead atoms. The maximum absolute atomic E-state index is 14.7. The van der Waals surface area contributed by atoms with Crippen LogP contribution in [0, 0.1) is 5.82 Å². The van der Waals surface area contributed by atoms with E-state index in [-0.39, 0.29) is 28.7 Å². The number of carbonyl (C=O) groups is 1. The SMILES string of the molecule is CCS(=O)(=O)Nc1ccc(C2=NN(C(=O)c3cccs3)[C@H](c3c(F)cccc3Cl)C2)cc1. The summed E-state index contributed by atoms with van der Waals surface area (Å²) >= 11 is 7.58. The highest BCUT2D eigenvalue weighted by molar-refractivity contribution is 7.92. The summed E-state index contributed by atoms with van der Waals surface area (Å²) in [6, 6.07) is 13.8. The van der Waals surface area contributed by atoms with Crippen LogP contribution in [0.15, 0.2) is 65.1 Å². The van der Waals surface area contributed by atoms with Gasteiger partial charge in [0.05, 0.1) is 22.4 Å². The molecule has 3 aromatic rings. The number of carbonyl (C=O) groups excluding carboxylic acids is 1. The molecular weight excluding hydrogens is 473 g/mol. The molecule has 1 aliphatic heterocycles. The van der Waals surface area contributed by atoms with Gasteiger partial charge in [-0.2, -0.15) is 5.10 Å². The fourth-order valence-corrected chi connectivity index (χ4v) is 5.01. The molecule has 2 heterocycles. The van der Waals surface area contributed by atoms with E-state index in [9.17, 15) is 17.6 Å². The molecule has 1 atom stereocenters. The summed E-state index contributed by atoms with van der Waals surface area (Å²) in [6.45, 7) is 1.55. The molecule has 4 rings (SSSR count). The Labute approximate surface area is 194 Å². The summed E-state index contributed by atoms with van der Waals surface area (Å²) in [5, 5.41) is 7.80. The highest BCUT2D eigenvalue weighted by atomic mass is 35.5. The van der Waals surface area contributed by atoms with Gasteiger partial charge in [0.2, 0.25) is 10.0 Å². The normalized spacial score (nSPS) is 16.2. The third-order valence-electron chi connectivity index (χ3n) is 5.05. The lowest BCUT2D eigenvalue weighted by atomic mass is 9.97. The van der Waals surface area contributed by atoms with Gasteiger partial charge in [0.25, 0.3) is 5.91 Å². The number of nitrogens with zero attached hydrogens (tertiary/aromatic N) is 2. The molecule has 10 heteroatoms. The third kappa shape index (κ3) is 4.55. The van der Waals surface area contributed by atoms with E-state index in [4.69, 9.17) is 11.6 Å². The van der Waals surface area contributed by atoms with E-state index in [1.807, 2.05) is 0 Å². The first-order valence-electron chi connectivity index (χ1n) is 9.78. The van der Waals surface area contributed by atoms with Crippen molar-refractivity contribution in [2.45, 2.75) is 19.4 Å². The molecule has 0 saturated heterocycles. The van der Waals surface area contributed by atoms with Crippen LogP contribution in [0.4, 0.5) is 10.1 Å². The Morgan fingerprint density at radius 1 is 1.22 bits per heavy atom. The maximum Gasteiger partial charge on any atom is 0.284 e. The first-order chi connectivity index (χ1) is 15.3. The summed E-state index contributed by atoms with van der Waals surface area (Å²) in [7, 11) is -3.39. The van der Waals surface area contributed by atoms with E-state index in [1.54, 1.807) is 54.8 Å². The Kier molecular flexibility index (Phi) is 6.32. The van der Waals surface area contributed by atoms with Gasteiger partial charge in [-0.25, -0.2) is 17.8 Å². The first-order valence-corrected chi connectivity index (χ1v) is 12.7. The average molecular weight is 492 g/mol. The van der Waals surface area contributed by atoms with Crippen LogP contribution in [0.2, 0.25) is 5.02 Å². The molecule has 1 aliphatic rings. The standard InChI is InChI=1S/C22H19ClFN3O3S2/c1-2-32(29,30)26-15-10-8-14(9-11-15)18-13-19(21-16(23)5-3-6-17(21)24)27(25-18)22(28)20-7-4-12-31-20/h3-12,19,26H,2,13H2,1H3/t19-/m0/s1. The molecule has 1 N–H and O–H groups in total. The van der Waals surface area contributed by atoms with Crippen molar-refractivity contribution in [1.29, 1.82) is 0 Å². The van der Waals surface area contributed by atoms with E-state index in [2.05, 4.69) is 9.82 Å². The first kappa shape index (κ1) is 22.4. The van der Waals surface area contributed by atoms with E-state index < -0.39 is 21.9 Å². The van der Waals surface area contributed by atoms with Crippen LogP contribution in [0.25, 0.3) is 0 Å². The Bertz CT molecular complexity index is 1260. The lowest BCUT2D eigenvalue weighted by Crippen LogP contribution is -2.27. The number of thiophene rings is 1. The Morgan fingerprint density at radius 3 is 2.59 bits per heavy atom. The molecule has 0 spiro atoms. The van der Waals surface area contributed by atoms with Crippen LogP contribution in [0.3, 0.4) is 0 Å². The summed E-state index contributed by atoms with van der Waals surface area (Å²) in [4.78, 5) is 13.6. The highest BCUT2D eigenvalue weighted by Crippen LogP contribution is 2.39. The minimum Gasteiger partial charge on any atom is -0.284 e. The molecule has 166 valence electrons. The van der Waals surface area contributed by atoms with Crippen molar-refractivity contribution in [3.05, 3.63) is 86.8 Å². The topological polar surface area (TPSA) is 78.8 Å². The van der Waals surface area contributed by atoms with Gasteiger partial charge in [0.15, 0.2) is 0 Å². The van der Waals surface area contributed by atoms with Gasteiger partial charge in [0, 0.05) is 22.7 Å². The number of anilines is 1. The van der Waals surface area contributed by atoms with Gasteiger partial charge in [-0.15, -0.1) is 11.3 Å². The van der Waals surface area contributed by atoms with Gasteiger partial charge in [-0.1, -0.05) is 35.9 Å². The van der Waals surface area contributed by atoms with Crippen molar-refractivity contribution in [2.24, 2.45) is 5.10 Å². The lowest BCUT2D eigenvalue weighted by Gasteiger charge is -2.22. The number of hydrazone groups is 1. The van der Waals surface area contributed by atoms with Crippen molar-refractivity contribution in [1.82, 2.24) is 5.01 Å². The van der Waals surface area contributed by atoms with E-state index >= 15 is 0 Å². The van der Waals surface area contributed by atoms with Gasteiger partial charge in [0.1, 0.15) is 5.82 Å². The zero-order chi connectivity index (χ0) is 22.9. The minimum absolute atomic E-state index is 0.0354. The number of halogens is 2. The largest absolute Gasteiger partial charge is 0.284 e. The number of hydrogen-bond donors (Lipinski definition) is 1. The van der Waals surface area contributed by atoms with Crippen molar-refractivity contribution < 1.29 is 17.6 Å². The van der Waals surface area contributed by atoms with Crippen LogP contribution in [0.1, 0.15) is 40.2 Å². The number of hydrogen-bond acceptors (Lipinski definition) is 5. The molecule has 0 radical (unpaired) electrons. The number of nitrogens with one attached hydrogen (secondary N) is 1.